The number of H-pyrrole nitrogens is 1. The molecule has 2 aliphatic heterocycles. The minimum Gasteiger partial charge on any atom is -0.312 e. The fraction of sp³-hybridized carbons (Fsp3) is 0.280. The molecule has 5 nitrogen and oxygen atoms in total. The van der Waals surface area contributed by atoms with Crippen molar-refractivity contribution in [1.82, 2.24) is 20.4 Å². The molecule has 2 N–H and O–H groups in total. The molecule has 0 unspecified atom stereocenters. The number of rotatable bonds is 2. The topological polar surface area (TPSA) is 67.7 Å². The fourth-order valence-corrected chi connectivity index (χ4v) is 6.12. The first kappa shape index (κ1) is 20.5. The molecule has 6 rings (SSSR count). The van der Waals surface area contributed by atoms with Crippen LogP contribution < -0.4 is 5.32 Å². The van der Waals surface area contributed by atoms with Gasteiger partial charge in [-0.2, -0.15) is 10.4 Å². The summed E-state index contributed by atoms with van der Waals surface area (Å²) in [6, 6.07) is 9.04. The van der Waals surface area contributed by atoms with Crippen molar-refractivity contribution in [3.8, 4) is 27.8 Å². The van der Waals surface area contributed by atoms with Crippen LogP contribution >= 0.6 is 11.3 Å². The van der Waals surface area contributed by atoms with Gasteiger partial charge in [-0.1, -0.05) is 0 Å². The van der Waals surface area contributed by atoms with Crippen LogP contribution in [0.5, 0.6) is 0 Å². The quantitative estimate of drug-likeness (QED) is 0.452. The van der Waals surface area contributed by atoms with Crippen LogP contribution in [0.25, 0.3) is 32.6 Å². The smallest absolute Gasteiger partial charge is 0.138 e. The van der Waals surface area contributed by atoms with E-state index in [4.69, 9.17) is 0 Å². The van der Waals surface area contributed by atoms with Crippen molar-refractivity contribution in [3.63, 3.8) is 0 Å². The highest BCUT2D eigenvalue weighted by atomic mass is 32.1. The van der Waals surface area contributed by atoms with Crippen LogP contribution in [0.1, 0.15) is 27.1 Å². The van der Waals surface area contributed by atoms with E-state index in [9.17, 15) is 5.26 Å². The predicted molar refractivity (Wildman–Crippen MR) is 125 cm³/mol. The van der Waals surface area contributed by atoms with Gasteiger partial charge in [0, 0.05) is 41.0 Å². The summed E-state index contributed by atoms with van der Waals surface area (Å²) >= 11 is 1.72. The average Bonchev–Trinajstić information content (AvgIpc) is 3.41. The SMILES string of the molecule is CN1CCc2sc(-c3n[nH]c4cc(C#N)c(-c5c(F)cc6c(c5F)CNCC6)cc34)cc2C1. The summed E-state index contributed by atoms with van der Waals surface area (Å²) in [7, 11) is 2.11. The van der Waals surface area contributed by atoms with Gasteiger partial charge in [-0.3, -0.25) is 5.10 Å². The van der Waals surface area contributed by atoms with E-state index in [1.165, 1.54) is 16.5 Å². The highest BCUT2D eigenvalue weighted by Gasteiger charge is 2.25. The molecule has 0 bridgehead atoms. The Balaban J connectivity index is 1.54. The first-order chi connectivity index (χ1) is 16.0. The molecule has 0 amide bonds. The van der Waals surface area contributed by atoms with Gasteiger partial charge in [0.25, 0.3) is 0 Å². The van der Waals surface area contributed by atoms with Gasteiger partial charge in [0.2, 0.25) is 0 Å². The lowest BCUT2D eigenvalue weighted by molar-refractivity contribution is 0.315. The molecule has 33 heavy (non-hydrogen) atoms. The van der Waals surface area contributed by atoms with Crippen LogP contribution in [0.3, 0.4) is 0 Å². The van der Waals surface area contributed by atoms with Gasteiger partial charge in [0.1, 0.15) is 17.3 Å². The minimum atomic E-state index is -0.635. The molecule has 0 aliphatic carbocycles. The van der Waals surface area contributed by atoms with Gasteiger partial charge in [-0.25, -0.2) is 8.78 Å². The fourth-order valence-electron chi connectivity index (χ4n) is 4.95. The largest absolute Gasteiger partial charge is 0.312 e. The minimum absolute atomic E-state index is 0.143. The number of benzene rings is 2. The summed E-state index contributed by atoms with van der Waals surface area (Å²) in [5, 5.41) is 21.2. The Morgan fingerprint density at radius 3 is 2.88 bits per heavy atom. The van der Waals surface area contributed by atoms with E-state index in [0.717, 1.165) is 35.5 Å². The average molecular weight is 462 g/mol. The van der Waals surface area contributed by atoms with Gasteiger partial charge >= 0.3 is 0 Å². The highest BCUT2D eigenvalue weighted by Crippen LogP contribution is 2.40. The van der Waals surface area contributed by atoms with E-state index in [1.807, 2.05) is 0 Å². The van der Waals surface area contributed by atoms with E-state index in [2.05, 4.69) is 39.6 Å². The lowest BCUT2D eigenvalue weighted by atomic mass is 9.91. The number of nitrogens with zero attached hydrogens (tertiary/aromatic N) is 3. The molecule has 0 atom stereocenters. The van der Waals surface area contributed by atoms with Crippen LogP contribution in [-0.4, -0.2) is 35.2 Å². The molecular weight excluding hydrogens is 440 g/mol. The molecule has 0 fully saturated rings. The highest BCUT2D eigenvalue weighted by molar-refractivity contribution is 7.15. The molecule has 4 aromatic rings. The monoisotopic (exact) mass is 461 g/mol. The van der Waals surface area contributed by atoms with Crippen molar-refractivity contribution in [2.24, 2.45) is 0 Å². The third-order valence-corrected chi connectivity index (χ3v) is 7.91. The summed E-state index contributed by atoms with van der Waals surface area (Å²) < 4.78 is 30.7. The number of aromatic nitrogens is 2. The Labute approximate surface area is 193 Å². The van der Waals surface area contributed by atoms with Crippen molar-refractivity contribution in [1.29, 1.82) is 5.26 Å². The van der Waals surface area contributed by atoms with E-state index < -0.39 is 11.6 Å². The van der Waals surface area contributed by atoms with Crippen molar-refractivity contribution in [2.75, 3.05) is 20.1 Å². The number of halogens is 2. The number of fused-ring (bicyclic) bond motifs is 3. The zero-order valence-electron chi connectivity index (χ0n) is 18.1. The number of aromatic amines is 1. The number of likely N-dealkylation sites (N-methyl/N-ethyl adjacent to an activating group) is 1. The second kappa shape index (κ2) is 7.73. The van der Waals surface area contributed by atoms with Crippen LogP contribution in [0.2, 0.25) is 0 Å². The molecule has 8 heteroatoms. The van der Waals surface area contributed by atoms with E-state index in [0.29, 0.717) is 36.2 Å². The Morgan fingerprint density at radius 2 is 2.03 bits per heavy atom. The Bertz CT molecular complexity index is 1460. The first-order valence-corrected chi connectivity index (χ1v) is 11.8. The Kier molecular flexibility index (Phi) is 4.80. The van der Waals surface area contributed by atoms with Crippen LogP contribution in [0.4, 0.5) is 8.78 Å². The standard InChI is InChI=1S/C25H21F2N5S/c1-32-5-3-21-15(12-32)8-22(33-21)25-17-9-16(14(10-28)7-20(17)30-31-25)23-19(26)6-13-2-4-29-11-18(13)24(23)27/h6-9,29H,2-5,11-12H2,1H3,(H,30,31). The molecular formula is C25H21F2N5S. The Morgan fingerprint density at radius 1 is 1.15 bits per heavy atom. The number of thiophene rings is 1. The summed E-state index contributed by atoms with van der Waals surface area (Å²) in [6.07, 6.45) is 1.58. The van der Waals surface area contributed by atoms with Crippen LogP contribution in [-0.2, 0) is 25.9 Å². The van der Waals surface area contributed by atoms with Gasteiger partial charge in [-0.15, -0.1) is 11.3 Å². The van der Waals surface area contributed by atoms with Gasteiger partial charge in [0.15, 0.2) is 0 Å². The van der Waals surface area contributed by atoms with Crippen molar-refractivity contribution in [3.05, 3.63) is 63.0 Å². The molecule has 0 spiro atoms. The third-order valence-electron chi connectivity index (χ3n) is 6.67. The maximum Gasteiger partial charge on any atom is 0.138 e. The molecule has 2 aliphatic rings. The molecule has 4 heterocycles. The third kappa shape index (κ3) is 3.27. The van der Waals surface area contributed by atoms with Crippen molar-refractivity contribution >= 4 is 22.2 Å². The predicted octanol–water partition coefficient (Wildman–Crippen LogP) is 4.74. The number of nitrogens with one attached hydrogen (secondary N) is 2. The van der Waals surface area contributed by atoms with E-state index in [-0.39, 0.29) is 16.7 Å². The Hall–Kier alpha value is -3.12. The second-order valence-electron chi connectivity index (χ2n) is 8.79. The molecule has 0 radical (unpaired) electrons. The zero-order chi connectivity index (χ0) is 22.7. The van der Waals surface area contributed by atoms with Crippen molar-refractivity contribution in [2.45, 2.75) is 25.9 Å². The van der Waals surface area contributed by atoms with Crippen LogP contribution in [0.15, 0.2) is 24.3 Å². The number of hydrogen-bond acceptors (Lipinski definition) is 5. The molecule has 0 saturated heterocycles. The summed E-state index contributed by atoms with van der Waals surface area (Å²) in [5.74, 6) is -1.23. The number of nitriles is 1. The van der Waals surface area contributed by atoms with Gasteiger partial charge in [0.05, 0.1) is 27.6 Å². The lowest BCUT2D eigenvalue weighted by Gasteiger charge is -2.21. The van der Waals surface area contributed by atoms with Crippen molar-refractivity contribution < 1.29 is 8.78 Å². The lowest BCUT2D eigenvalue weighted by Crippen LogP contribution is -2.25. The summed E-state index contributed by atoms with van der Waals surface area (Å²) in [6.45, 7) is 2.97. The summed E-state index contributed by atoms with van der Waals surface area (Å²) in [4.78, 5) is 4.66. The first-order valence-electron chi connectivity index (χ1n) is 11.0. The van der Waals surface area contributed by atoms with Gasteiger partial charge in [-0.05, 0) is 61.8 Å². The zero-order valence-corrected chi connectivity index (χ0v) is 18.9. The van der Waals surface area contributed by atoms with E-state index >= 15 is 8.78 Å². The summed E-state index contributed by atoms with van der Waals surface area (Å²) in [5.41, 5.74) is 4.22. The van der Waals surface area contributed by atoms with E-state index in [1.54, 1.807) is 23.5 Å². The molecule has 2 aromatic heterocycles. The molecule has 0 saturated carbocycles. The number of hydrogen-bond donors (Lipinski definition) is 2. The van der Waals surface area contributed by atoms with Crippen LogP contribution in [0, 0.1) is 23.0 Å². The van der Waals surface area contributed by atoms with Gasteiger partial charge < -0.3 is 10.2 Å². The molecule has 2 aromatic carbocycles. The maximum atomic E-state index is 15.5. The second-order valence-corrected chi connectivity index (χ2v) is 9.92. The normalized spacial score (nSPS) is 15.9. The maximum absolute atomic E-state index is 15.5. The molecule has 166 valence electrons.